The van der Waals surface area contributed by atoms with Gasteiger partial charge in [-0.3, -0.25) is 9.59 Å². The van der Waals surface area contributed by atoms with E-state index in [0.717, 1.165) is 6.08 Å². The molecule has 0 fully saturated rings. The van der Waals surface area contributed by atoms with Gasteiger partial charge in [0.25, 0.3) is 0 Å². The summed E-state index contributed by atoms with van der Waals surface area (Å²) in [4.78, 5) is 36.6. The number of carboxylic acids is 1. The fourth-order valence-corrected chi connectivity index (χ4v) is 1.27. The van der Waals surface area contributed by atoms with Crippen LogP contribution in [0.2, 0.25) is 0 Å². The summed E-state index contributed by atoms with van der Waals surface area (Å²) in [5.41, 5.74) is 0.597. The first-order valence-corrected chi connectivity index (χ1v) is 5.75. The largest absolute Gasteiger partial charge is 0.478 e. The molecule has 0 aliphatic rings. The zero-order valence-electron chi connectivity index (χ0n) is 10.8. The molecule has 106 valence electrons. The highest BCUT2D eigenvalue weighted by atomic mass is 16.5. The Labute approximate surface area is 115 Å². The third-order valence-electron chi connectivity index (χ3n) is 2.26. The SMILES string of the molecule is COC(=O)CCC(=O)Nc1ccc(/C=C/C(=O)O)cn1. The summed E-state index contributed by atoms with van der Waals surface area (Å²) in [6.07, 6.45) is 3.82. The highest BCUT2D eigenvalue weighted by Gasteiger charge is 2.07. The molecular weight excluding hydrogens is 264 g/mol. The zero-order chi connectivity index (χ0) is 15.0. The molecule has 0 aliphatic heterocycles. The molecule has 20 heavy (non-hydrogen) atoms. The molecule has 0 atom stereocenters. The van der Waals surface area contributed by atoms with E-state index < -0.39 is 11.9 Å². The maximum atomic E-state index is 11.5. The van der Waals surface area contributed by atoms with E-state index in [-0.39, 0.29) is 18.7 Å². The van der Waals surface area contributed by atoms with Gasteiger partial charge < -0.3 is 15.2 Å². The van der Waals surface area contributed by atoms with Gasteiger partial charge in [-0.2, -0.15) is 0 Å². The van der Waals surface area contributed by atoms with E-state index in [4.69, 9.17) is 5.11 Å². The van der Waals surface area contributed by atoms with Gasteiger partial charge in [-0.15, -0.1) is 0 Å². The Morgan fingerprint density at radius 1 is 1.35 bits per heavy atom. The molecule has 2 N–H and O–H groups in total. The molecule has 1 aromatic rings. The van der Waals surface area contributed by atoms with Crippen LogP contribution in [0.4, 0.5) is 5.82 Å². The third kappa shape index (κ3) is 5.76. The lowest BCUT2D eigenvalue weighted by Crippen LogP contribution is -2.14. The van der Waals surface area contributed by atoms with Crippen molar-refractivity contribution < 1.29 is 24.2 Å². The molecule has 7 nitrogen and oxygen atoms in total. The van der Waals surface area contributed by atoms with Crippen LogP contribution in [0, 0.1) is 0 Å². The van der Waals surface area contributed by atoms with Crippen molar-refractivity contribution in [3.63, 3.8) is 0 Å². The molecule has 1 heterocycles. The van der Waals surface area contributed by atoms with Crippen molar-refractivity contribution in [2.45, 2.75) is 12.8 Å². The first-order valence-electron chi connectivity index (χ1n) is 5.75. The average molecular weight is 278 g/mol. The predicted molar refractivity (Wildman–Crippen MR) is 70.8 cm³/mol. The quantitative estimate of drug-likeness (QED) is 0.595. The number of anilines is 1. The topological polar surface area (TPSA) is 106 Å². The minimum atomic E-state index is -1.05. The summed E-state index contributed by atoms with van der Waals surface area (Å²) in [5.74, 6) is -1.53. The number of rotatable bonds is 6. The van der Waals surface area contributed by atoms with Gasteiger partial charge in [-0.25, -0.2) is 9.78 Å². The molecule has 1 rings (SSSR count). The molecule has 0 radical (unpaired) electrons. The molecule has 0 saturated heterocycles. The van der Waals surface area contributed by atoms with Crippen LogP contribution in [0.3, 0.4) is 0 Å². The van der Waals surface area contributed by atoms with Crippen LogP contribution in [0.25, 0.3) is 6.08 Å². The van der Waals surface area contributed by atoms with Gasteiger partial charge in [-0.05, 0) is 23.8 Å². The molecule has 0 spiro atoms. The number of hydrogen-bond acceptors (Lipinski definition) is 5. The van der Waals surface area contributed by atoms with Crippen molar-refractivity contribution in [1.29, 1.82) is 0 Å². The molecule has 0 aliphatic carbocycles. The number of hydrogen-bond donors (Lipinski definition) is 2. The van der Waals surface area contributed by atoms with Crippen molar-refractivity contribution in [3.8, 4) is 0 Å². The number of nitrogens with one attached hydrogen (secondary N) is 1. The Kier molecular flexibility index (Phi) is 5.89. The second kappa shape index (κ2) is 7.67. The lowest BCUT2D eigenvalue weighted by molar-refractivity contribution is -0.141. The van der Waals surface area contributed by atoms with Gasteiger partial charge in [0.1, 0.15) is 5.82 Å². The fourth-order valence-electron chi connectivity index (χ4n) is 1.27. The second-order valence-corrected chi connectivity index (χ2v) is 3.77. The minimum Gasteiger partial charge on any atom is -0.478 e. The van der Waals surface area contributed by atoms with Crippen LogP contribution in [-0.4, -0.2) is 35.0 Å². The van der Waals surface area contributed by atoms with Crippen molar-refractivity contribution in [1.82, 2.24) is 4.98 Å². The zero-order valence-corrected chi connectivity index (χ0v) is 10.8. The summed E-state index contributed by atoms with van der Waals surface area (Å²) in [6, 6.07) is 3.15. The number of methoxy groups -OCH3 is 1. The second-order valence-electron chi connectivity index (χ2n) is 3.77. The normalized spacial score (nSPS) is 10.2. The number of carbonyl (C=O) groups excluding carboxylic acids is 2. The summed E-state index contributed by atoms with van der Waals surface area (Å²) in [6.45, 7) is 0. The van der Waals surface area contributed by atoms with Crippen LogP contribution in [0.1, 0.15) is 18.4 Å². The number of amides is 1. The van der Waals surface area contributed by atoms with E-state index in [2.05, 4.69) is 15.0 Å². The smallest absolute Gasteiger partial charge is 0.328 e. The van der Waals surface area contributed by atoms with Gasteiger partial charge >= 0.3 is 11.9 Å². The summed E-state index contributed by atoms with van der Waals surface area (Å²) in [5, 5.41) is 11.0. The van der Waals surface area contributed by atoms with Crippen molar-refractivity contribution >= 4 is 29.7 Å². The van der Waals surface area contributed by atoms with E-state index in [9.17, 15) is 14.4 Å². The first kappa shape index (κ1) is 15.4. The van der Waals surface area contributed by atoms with Crippen LogP contribution in [0.15, 0.2) is 24.4 Å². The van der Waals surface area contributed by atoms with E-state index in [1.165, 1.54) is 25.4 Å². The van der Waals surface area contributed by atoms with Crippen molar-refractivity contribution in [2.75, 3.05) is 12.4 Å². The van der Waals surface area contributed by atoms with E-state index in [1.807, 2.05) is 0 Å². The summed E-state index contributed by atoms with van der Waals surface area (Å²) >= 11 is 0. The molecule has 0 unspecified atom stereocenters. The number of nitrogens with zero attached hydrogens (tertiary/aromatic N) is 1. The lowest BCUT2D eigenvalue weighted by atomic mass is 10.2. The average Bonchev–Trinajstić information content (AvgIpc) is 2.44. The van der Waals surface area contributed by atoms with Crippen molar-refractivity contribution in [3.05, 3.63) is 30.0 Å². The minimum absolute atomic E-state index is 0.00175. The highest BCUT2D eigenvalue weighted by molar-refractivity contribution is 5.91. The monoisotopic (exact) mass is 278 g/mol. The van der Waals surface area contributed by atoms with Crippen LogP contribution < -0.4 is 5.32 Å². The van der Waals surface area contributed by atoms with E-state index in [1.54, 1.807) is 6.07 Å². The maximum absolute atomic E-state index is 11.5. The Bertz CT molecular complexity index is 522. The Morgan fingerprint density at radius 2 is 2.10 bits per heavy atom. The van der Waals surface area contributed by atoms with Gasteiger partial charge in [0.15, 0.2) is 0 Å². The molecule has 1 aromatic heterocycles. The lowest BCUT2D eigenvalue weighted by Gasteiger charge is -2.04. The van der Waals surface area contributed by atoms with Gasteiger partial charge in [0, 0.05) is 18.7 Å². The fraction of sp³-hybridized carbons (Fsp3) is 0.231. The van der Waals surface area contributed by atoms with Gasteiger partial charge in [0.2, 0.25) is 5.91 Å². The van der Waals surface area contributed by atoms with Gasteiger partial charge in [0.05, 0.1) is 13.5 Å². The number of esters is 1. The van der Waals surface area contributed by atoms with Crippen LogP contribution >= 0.6 is 0 Å². The standard InChI is InChI=1S/C13H14N2O5/c1-20-13(19)7-5-11(16)15-10-4-2-9(8-14-10)3-6-12(17)18/h2-4,6,8H,5,7H2,1H3,(H,17,18)(H,14,15,16)/b6-3+. The Morgan fingerprint density at radius 3 is 2.65 bits per heavy atom. The molecule has 7 heteroatoms. The van der Waals surface area contributed by atoms with Gasteiger partial charge in [-0.1, -0.05) is 0 Å². The number of carbonyl (C=O) groups is 3. The number of ether oxygens (including phenoxy) is 1. The van der Waals surface area contributed by atoms with Crippen LogP contribution in [-0.2, 0) is 19.1 Å². The molecular formula is C13H14N2O5. The highest BCUT2D eigenvalue weighted by Crippen LogP contribution is 2.07. The number of aliphatic carboxylic acids is 1. The summed E-state index contributed by atoms with van der Waals surface area (Å²) < 4.78 is 4.42. The molecule has 1 amide bonds. The number of carboxylic acid groups (broad SMARTS) is 1. The van der Waals surface area contributed by atoms with E-state index in [0.29, 0.717) is 11.4 Å². The Hall–Kier alpha value is -2.70. The first-order chi connectivity index (χ1) is 9.51. The maximum Gasteiger partial charge on any atom is 0.328 e. The molecule has 0 aromatic carbocycles. The summed E-state index contributed by atoms with van der Waals surface area (Å²) in [7, 11) is 1.26. The molecule has 0 saturated carbocycles. The Balaban J connectivity index is 2.50. The van der Waals surface area contributed by atoms with Crippen molar-refractivity contribution in [2.24, 2.45) is 0 Å². The number of aromatic nitrogens is 1. The molecule has 0 bridgehead atoms. The third-order valence-corrected chi connectivity index (χ3v) is 2.26. The van der Waals surface area contributed by atoms with E-state index >= 15 is 0 Å². The number of pyridine rings is 1. The van der Waals surface area contributed by atoms with Crippen LogP contribution in [0.5, 0.6) is 0 Å². The predicted octanol–water partition coefficient (Wildman–Crippen LogP) is 1.07.